The summed E-state index contributed by atoms with van der Waals surface area (Å²) in [4.78, 5) is 32.7. The monoisotopic (exact) mass is 435 g/mol. The Balaban J connectivity index is 1.57. The molecule has 0 atom stereocenters. The van der Waals surface area contributed by atoms with Crippen molar-refractivity contribution in [1.82, 2.24) is 29.5 Å². The number of halogens is 1. The predicted octanol–water partition coefficient (Wildman–Crippen LogP) is 3.26. The van der Waals surface area contributed by atoms with Gasteiger partial charge in [-0.15, -0.1) is 0 Å². The van der Waals surface area contributed by atoms with Crippen LogP contribution >= 0.6 is 0 Å². The summed E-state index contributed by atoms with van der Waals surface area (Å²) in [6.07, 6.45) is 6.31. The molecule has 0 bridgehead atoms. The first-order valence-electron chi connectivity index (χ1n) is 10.6. The van der Waals surface area contributed by atoms with Crippen LogP contribution in [0.3, 0.4) is 0 Å². The third-order valence-electron chi connectivity index (χ3n) is 5.77. The fourth-order valence-electron chi connectivity index (χ4n) is 4.15. The molecule has 1 saturated carbocycles. The molecule has 0 aliphatic heterocycles. The summed E-state index contributed by atoms with van der Waals surface area (Å²) in [5, 5.41) is 11.7. The second kappa shape index (κ2) is 8.03. The van der Waals surface area contributed by atoms with Gasteiger partial charge in [0.05, 0.1) is 11.9 Å². The molecular weight excluding hydrogens is 413 g/mol. The lowest BCUT2D eigenvalue weighted by Crippen LogP contribution is -2.26. The third-order valence-corrected chi connectivity index (χ3v) is 5.77. The quantitative estimate of drug-likeness (QED) is 0.511. The fourth-order valence-corrected chi connectivity index (χ4v) is 4.15. The maximum atomic E-state index is 14.4. The van der Waals surface area contributed by atoms with Gasteiger partial charge in [-0.3, -0.25) is 14.6 Å². The molecule has 9 nitrogen and oxygen atoms in total. The van der Waals surface area contributed by atoms with Crippen molar-refractivity contribution < 1.29 is 9.18 Å². The number of hydrogen-bond acceptors (Lipinski definition) is 5. The average Bonchev–Trinajstić information content (AvgIpc) is 3.38. The lowest BCUT2D eigenvalue weighted by Gasteiger charge is -2.20. The largest absolute Gasteiger partial charge is 0.310 e. The lowest BCUT2D eigenvalue weighted by atomic mass is 9.89. The highest BCUT2D eigenvalue weighted by Gasteiger charge is 2.23. The van der Waals surface area contributed by atoms with Crippen LogP contribution in [-0.4, -0.2) is 35.4 Å². The molecule has 4 aromatic rings. The van der Waals surface area contributed by atoms with E-state index in [-0.39, 0.29) is 34.5 Å². The zero-order valence-electron chi connectivity index (χ0n) is 17.5. The minimum atomic E-state index is -0.489. The summed E-state index contributed by atoms with van der Waals surface area (Å²) in [6.45, 7) is 1.78. The van der Waals surface area contributed by atoms with Gasteiger partial charge in [0.1, 0.15) is 22.7 Å². The van der Waals surface area contributed by atoms with Gasteiger partial charge in [-0.25, -0.2) is 9.07 Å². The maximum absolute atomic E-state index is 14.4. The SMILES string of the molecule is Cc1cc(NC(=O)C2CCCCC2)n(-c2nc3c(cnn3-c3ccccc3F)c(=O)[nH]2)n1. The summed E-state index contributed by atoms with van der Waals surface area (Å²) >= 11 is 0. The van der Waals surface area contributed by atoms with E-state index in [0.717, 1.165) is 32.1 Å². The molecule has 2 N–H and O–H groups in total. The van der Waals surface area contributed by atoms with Gasteiger partial charge in [-0.2, -0.15) is 19.9 Å². The average molecular weight is 435 g/mol. The molecule has 1 aliphatic carbocycles. The van der Waals surface area contributed by atoms with Gasteiger partial charge in [0, 0.05) is 12.0 Å². The molecule has 3 aromatic heterocycles. The highest BCUT2D eigenvalue weighted by atomic mass is 19.1. The van der Waals surface area contributed by atoms with E-state index >= 15 is 0 Å². The Hall–Kier alpha value is -3.82. The number of rotatable bonds is 4. The topological polar surface area (TPSA) is 110 Å². The van der Waals surface area contributed by atoms with Crippen LogP contribution in [-0.2, 0) is 4.79 Å². The Bertz CT molecular complexity index is 1360. The highest BCUT2D eigenvalue weighted by molar-refractivity contribution is 5.92. The fraction of sp³-hybridized carbons (Fsp3) is 0.318. The molecule has 10 heteroatoms. The van der Waals surface area contributed by atoms with E-state index in [1.54, 1.807) is 31.2 Å². The van der Waals surface area contributed by atoms with Gasteiger partial charge in [-0.1, -0.05) is 31.4 Å². The second-order valence-corrected chi connectivity index (χ2v) is 8.04. The molecule has 1 fully saturated rings. The van der Waals surface area contributed by atoms with Crippen molar-refractivity contribution in [1.29, 1.82) is 0 Å². The van der Waals surface area contributed by atoms with E-state index in [0.29, 0.717) is 11.5 Å². The summed E-state index contributed by atoms with van der Waals surface area (Å²) in [6, 6.07) is 7.84. The minimum absolute atomic E-state index is 0.0376. The first kappa shape index (κ1) is 20.1. The summed E-state index contributed by atoms with van der Waals surface area (Å²) in [5.74, 6) is -0.0725. The van der Waals surface area contributed by atoms with Crippen LogP contribution in [0.15, 0.2) is 41.3 Å². The standard InChI is InChI=1S/C22H22FN7O2/c1-13-11-18(25-20(31)14-7-3-2-4-8-14)30(28-13)22-26-19-15(21(32)27-22)12-24-29(19)17-10-6-5-9-16(17)23/h5-6,9-12,14H,2-4,7-8H2,1H3,(H,25,31)(H,26,27,32). The number of fused-ring (bicyclic) bond motifs is 1. The van der Waals surface area contributed by atoms with E-state index in [1.807, 2.05) is 0 Å². The molecule has 1 aromatic carbocycles. The number of aromatic amines is 1. The number of carbonyl (C=O) groups excluding carboxylic acids is 1. The number of amides is 1. The van der Waals surface area contributed by atoms with Gasteiger partial charge >= 0.3 is 0 Å². The van der Waals surface area contributed by atoms with Crippen LogP contribution in [0, 0.1) is 18.7 Å². The Kier molecular flexibility index (Phi) is 5.04. The molecule has 5 rings (SSSR count). The van der Waals surface area contributed by atoms with Crippen LogP contribution in [0.5, 0.6) is 0 Å². The molecular formula is C22H22FN7O2. The molecule has 32 heavy (non-hydrogen) atoms. The molecule has 0 saturated heterocycles. The molecule has 0 radical (unpaired) electrons. The lowest BCUT2D eigenvalue weighted by molar-refractivity contribution is -0.120. The minimum Gasteiger partial charge on any atom is -0.310 e. The number of nitrogens with one attached hydrogen (secondary N) is 2. The summed E-state index contributed by atoms with van der Waals surface area (Å²) in [5.41, 5.74) is 0.570. The van der Waals surface area contributed by atoms with Crippen molar-refractivity contribution in [3.8, 4) is 11.6 Å². The Labute approximate surface area is 182 Å². The van der Waals surface area contributed by atoms with Gasteiger partial charge in [0.2, 0.25) is 11.9 Å². The highest BCUT2D eigenvalue weighted by Crippen LogP contribution is 2.26. The van der Waals surface area contributed by atoms with E-state index in [1.165, 1.54) is 21.6 Å². The number of nitrogens with zero attached hydrogens (tertiary/aromatic N) is 5. The van der Waals surface area contributed by atoms with E-state index in [2.05, 4.69) is 25.5 Å². The van der Waals surface area contributed by atoms with E-state index in [4.69, 9.17) is 0 Å². The van der Waals surface area contributed by atoms with Gasteiger partial charge in [-0.05, 0) is 31.9 Å². The molecule has 164 valence electrons. The predicted molar refractivity (Wildman–Crippen MR) is 117 cm³/mol. The molecule has 0 spiro atoms. The van der Waals surface area contributed by atoms with Crippen LogP contribution in [0.25, 0.3) is 22.7 Å². The first-order chi connectivity index (χ1) is 15.5. The van der Waals surface area contributed by atoms with Gasteiger partial charge in [0.15, 0.2) is 5.65 Å². The van der Waals surface area contributed by atoms with Crippen LogP contribution in [0.1, 0.15) is 37.8 Å². The zero-order chi connectivity index (χ0) is 22.2. The number of benzene rings is 1. The first-order valence-corrected chi connectivity index (χ1v) is 10.6. The normalized spacial score (nSPS) is 14.7. The van der Waals surface area contributed by atoms with Crippen LogP contribution in [0.4, 0.5) is 10.2 Å². The van der Waals surface area contributed by atoms with Crippen molar-refractivity contribution in [3.05, 3.63) is 58.4 Å². The number of carbonyl (C=O) groups is 1. The molecule has 1 aliphatic rings. The number of aromatic nitrogens is 6. The number of hydrogen-bond donors (Lipinski definition) is 2. The Morgan fingerprint density at radius 1 is 1.19 bits per heavy atom. The van der Waals surface area contributed by atoms with Crippen molar-refractivity contribution in [2.45, 2.75) is 39.0 Å². The maximum Gasteiger partial charge on any atom is 0.263 e. The van der Waals surface area contributed by atoms with E-state index in [9.17, 15) is 14.0 Å². The summed E-state index contributed by atoms with van der Waals surface area (Å²) in [7, 11) is 0. The van der Waals surface area contributed by atoms with Crippen LogP contribution in [0.2, 0.25) is 0 Å². The van der Waals surface area contributed by atoms with Crippen molar-refractivity contribution in [3.63, 3.8) is 0 Å². The van der Waals surface area contributed by atoms with Crippen molar-refractivity contribution in [2.24, 2.45) is 5.92 Å². The molecule has 3 heterocycles. The number of anilines is 1. The van der Waals surface area contributed by atoms with Crippen molar-refractivity contribution in [2.75, 3.05) is 5.32 Å². The summed E-state index contributed by atoms with van der Waals surface area (Å²) < 4.78 is 17.0. The molecule has 1 amide bonds. The Morgan fingerprint density at radius 3 is 2.75 bits per heavy atom. The number of para-hydroxylation sites is 1. The Morgan fingerprint density at radius 2 is 1.97 bits per heavy atom. The van der Waals surface area contributed by atoms with Crippen LogP contribution < -0.4 is 10.9 Å². The number of H-pyrrole nitrogens is 1. The van der Waals surface area contributed by atoms with Crippen molar-refractivity contribution >= 4 is 22.8 Å². The second-order valence-electron chi connectivity index (χ2n) is 8.04. The smallest absolute Gasteiger partial charge is 0.263 e. The zero-order valence-corrected chi connectivity index (χ0v) is 17.5. The van der Waals surface area contributed by atoms with E-state index < -0.39 is 11.4 Å². The third kappa shape index (κ3) is 3.57. The van der Waals surface area contributed by atoms with Gasteiger partial charge < -0.3 is 5.32 Å². The van der Waals surface area contributed by atoms with Gasteiger partial charge in [0.25, 0.3) is 5.56 Å². The molecule has 0 unspecified atom stereocenters. The number of aryl methyl sites for hydroxylation is 1.